The molecule has 2 nitrogen and oxygen atoms in total. The van der Waals surface area contributed by atoms with Crippen molar-refractivity contribution in [2.45, 2.75) is 18.8 Å². The van der Waals surface area contributed by atoms with E-state index in [1.807, 2.05) is 24.3 Å². The van der Waals surface area contributed by atoms with Gasteiger partial charge in [-0.1, -0.05) is 25.1 Å². The van der Waals surface area contributed by atoms with Crippen molar-refractivity contribution in [3.8, 4) is 0 Å². The maximum absolute atomic E-state index is 11.7. The molecule has 1 amide bonds. The molecule has 0 bridgehead atoms. The van der Waals surface area contributed by atoms with Crippen LogP contribution in [-0.4, -0.2) is 10.5 Å². The molecule has 0 aromatic heterocycles. The lowest BCUT2D eigenvalue weighted by Gasteiger charge is -2.22. The number of amides is 1. The SMILES string of the molecule is CC1CC12C(Br)=NC(=O)c1ccccc12. The van der Waals surface area contributed by atoms with Gasteiger partial charge in [0.25, 0.3) is 5.91 Å². The van der Waals surface area contributed by atoms with Gasteiger partial charge in [0.1, 0.15) is 0 Å². The Hall–Kier alpha value is -0.960. The molecule has 1 heterocycles. The Bertz CT molecular complexity index is 494. The standard InChI is InChI=1S/C12H10BrNO/c1-7-6-12(7)9-5-3-2-4-8(9)10(15)14-11(12)13/h2-5,7H,6H2,1H3. The van der Waals surface area contributed by atoms with Crippen LogP contribution < -0.4 is 0 Å². The third kappa shape index (κ3) is 1.04. The molecule has 3 rings (SSSR count). The van der Waals surface area contributed by atoms with E-state index >= 15 is 0 Å². The second-order valence-corrected chi connectivity index (χ2v) is 5.08. The molecule has 1 aromatic rings. The Morgan fingerprint density at radius 3 is 2.80 bits per heavy atom. The van der Waals surface area contributed by atoms with Crippen molar-refractivity contribution in [1.82, 2.24) is 0 Å². The fourth-order valence-electron chi connectivity index (χ4n) is 2.51. The topological polar surface area (TPSA) is 29.4 Å². The molecule has 1 fully saturated rings. The molecule has 3 heteroatoms. The molecule has 1 spiro atoms. The average Bonchev–Trinajstić information content (AvgIpc) is 2.89. The van der Waals surface area contributed by atoms with Gasteiger partial charge in [-0.25, -0.2) is 4.99 Å². The van der Waals surface area contributed by atoms with E-state index in [1.165, 1.54) is 0 Å². The lowest BCUT2D eigenvalue weighted by atomic mass is 9.88. The van der Waals surface area contributed by atoms with Crippen LogP contribution in [0.3, 0.4) is 0 Å². The number of carbonyl (C=O) groups is 1. The van der Waals surface area contributed by atoms with Crippen molar-refractivity contribution in [2.75, 3.05) is 0 Å². The van der Waals surface area contributed by atoms with Crippen molar-refractivity contribution >= 4 is 26.5 Å². The molecule has 76 valence electrons. The summed E-state index contributed by atoms with van der Waals surface area (Å²) in [4.78, 5) is 15.8. The number of hydrogen-bond donors (Lipinski definition) is 0. The number of nitrogens with zero attached hydrogens (tertiary/aromatic N) is 1. The van der Waals surface area contributed by atoms with E-state index in [0.717, 1.165) is 22.2 Å². The number of rotatable bonds is 0. The van der Waals surface area contributed by atoms with Gasteiger partial charge in [0, 0.05) is 11.0 Å². The lowest BCUT2D eigenvalue weighted by Crippen LogP contribution is -2.26. The Balaban J connectivity index is 2.27. The van der Waals surface area contributed by atoms with Crippen molar-refractivity contribution in [3.05, 3.63) is 35.4 Å². The van der Waals surface area contributed by atoms with Gasteiger partial charge in [-0.2, -0.15) is 0 Å². The molecule has 0 radical (unpaired) electrons. The summed E-state index contributed by atoms with van der Waals surface area (Å²) in [6, 6.07) is 7.80. The molecular formula is C12H10BrNO. The average molecular weight is 264 g/mol. The van der Waals surface area contributed by atoms with Gasteiger partial charge in [-0.3, -0.25) is 4.79 Å². The van der Waals surface area contributed by atoms with Crippen LogP contribution in [0.4, 0.5) is 0 Å². The van der Waals surface area contributed by atoms with Crippen LogP contribution in [0.15, 0.2) is 29.3 Å². The van der Waals surface area contributed by atoms with Crippen LogP contribution >= 0.6 is 15.9 Å². The third-order valence-corrected chi connectivity index (χ3v) is 4.40. The van der Waals surface area contributed by atoms with Crippen LogP contribution in [0, 0.1) is 5.92 Å². The maximum atomic E-state index is 11.7. The number of carbonyl (C=O) groups excluding carboxylic acids is 1. The molecule has 2 aliphatic rings. The number of halogens is 1. The van der Waals surface area contributed by atoms with Gasteiger partial charge in [-0.05, 0) is 39.9 Å². The second-order valence-electron chi connectivity index (χ2n) is 4.33. The highest BCUT2D eigenvalue weighted by Gasteiger charge is 2.58. The van der Waals surface area contributed by atoms with Gasteiger partial charge >= 0.3 is 0 Å². The predicted molar refractivity (Wildman–Crippen MR) is 62.6 cm³/mol. The predicted octanol–water partition coefficient (Wildman–Crippen LogP) is 2.91. The van der Waals surface area contributed by atoms with Crippen LogP contribution in [0.5, 0.6) is 0 Å². The zero-order valence-electron chi connectivity index (χ0n) is 8.33. The number of hydrogen-bond acceptors (Lipinski definition) is 1. The summed E-state index contributed by atoms with van der Waals surface area (Å²) in [7, 11) is 0. The Morgan fingerprint density at radius 2 is 2.13 bits per heavy atom. The third-order valence-electron chi connectivity index (χ3n) is 3.52. The van der Waals surface area contributed by atoms with Gasteiger partial charge in [0.15, 0.2) is 0 Å². The molecule has 2 atom stereocenters. The molecule has 1 aromatic carbocycles. The van der Waals surface area contributed by atoms with Crippen molar-refractivity contribution in [3.63, 3.8) is 0 Å². The summed E-state index contributed by atoms with van der Waals surface area (Å²) in [5, 5.41) is 0. The molecule has 0 saturated heterocycles. The molecule has 1 saturated carbocycles. The van der Waals surface area contributed by atoms with E-state index in [1.54, 1.807) is 0 Å². The van der Waals surface area contributed by atoms with E-state index < -0.39 is 0 Å². The van der Waals surface area contributed by atoms with Gasteiger partial charge in [0.2, 0.25) is 0 Å². The smallest absolute Gasteiger partial charge is 0.267 e. The molecule has 2 unspecified atom stereocenters. The fraction of sp³-hybridized carbons (Fsp3) is 0.333. The first-order valence-electron chi connectivity index (χ1n) is 5.05. The van der Waals surface area contributed by atoms with Gasteiger partial charge in [0.05, 0.1) is 4.62 Å². The van der Waals surface area contributed by atoms with Crippen LogP contribution in [0.2, 0.25) is 0 Å². The van der Waals surface area contributed by atoms with Crippen LogP contribution in [0.25, 0.3) is 0 Å². The van der Waals surface area contributed by atoms with E-state index in [0.29, 0.717) is 5.92 Å². The Kier molecular flexibility index (Phi) is 1.72. The summed E-state index contributed by atoms with van der Waals surface area (Å²) in [5.41, 5.74) is 1.92. The minimum Gasteiger partial charge on any atom is -0.267 e. The molecule has 0 N–H and O–H groups in total. The fourth-order valence-corrected chi connectivity index (χ4v) is 3.43. The van der Waals surface area contributed by atoms with E-state index in [4.69, 9.17) is 0 Å². The number of fused-ring (bicyclic) bond motifs is 2. The van der Waals surface area contributed by atoms with Crippen LogP contribution in [-0.2, 0) is 5.41 Å². The largest absolute Gasteiger partial charge is 0.278 e. The first kappa shape index (κ1) is 9.28. The van der Waals surface area contributed by atoms with E-state index in [-0.39, 0.29) is 11.3 Å². The van der Waals surface area contributed by atoms with Crippen molar-refractivity contribution in [2.24, 2.45) is 10.9 Å². The minimum atomic E-state index is -0.123. The van der Waals surface area contributed by atoms with Crippen molar-refractivity contribution < 1.29 is 4.79 Å². The van der Waals surface area contributed by atoms with Crippen LogP contribution in [0.1, 0.15) is 29.3 Å². The Morgan fingerprint density at radius 1 is 1.47 bits per heavy atom. The number of aliphatic imine (C=N–C) groups is 1. The Labute approximate surface area is 96.5 Å². The first-order chi connectivity index (χ1) is 7.16. The van der Waals surface area contributed by atoms with Gasteiger partial charge < -0.3 is 0 Å². The van der Waals surface area contributed by atoms with Crippen molar-refractivity contribution in [1.29, 1.82) is 0 Å². The highest BCUT2D eigenvalue weighted by atomic mass is 79.9. The van der Waals surface area contributed by atoms with Gasteiger partial charge in [-0.15, -0.1) is 0 Å². The summed E-state index contributed by atoms with van der Waals surface area (Å²) in [5.74, 6) is 0.451. The summed E-state index contributed by atoms with van der Waals surface area (Å²) in [6.07, 6.45) is 1.08. The molecule has 15 heavy (non-hydrogen) atoms. The number of benzene rings is 1. The lowest BCUT2D eigenvalue weighted by molar-refractivity contribution is 0.0999. The zero-order chi connectivity index (χ0) is 10.6. The summed E-state index contributed by atoms with van der Waals surface area (Å²) < 4.78 is 0.811. The summed E-state index contributed by atoms with van der Waals surface area (Å²) >= 11 is 3.45. The maximum Gasteiger partial charge on any atom is 0.278 e. The highest BCUT2D eigenvalue weighted by Crippen LogP contribution is 2.58. The van der Waals surface area contributed by atoms with E-state index in [9.17, 15) is 4.79 Å². The monoisotopic (exact) mass is 263 g/mol. The molecular weight excluding hydrogens is 254 g/mol. The highest BCUT2D eigenvalue weighted by molar-refractivity contribution is 9.18. The minimum absolute atomic E-state index is 0.00447. The van der Waals surface area contributed by atoms with E-state index in [2.05, 4.69) is 27.8 Å². The first-order valence-corrected chi connectivity index (χ1v) is 5.84. The molecule has 1 aliphatic heterocycles. The molecule has 1 aliphatic carbocycles. The summed E-state index contributed by atoms with van der Waals surface area (Å²) in [6.45, 7) is 2.20. The zero-order valence-corrected chi connectivity index (χ0v) is 9.91. The second kappa shape index (κ2) is 2.79. The quantitative estimate of drug-likeness (QED) is 0.708. The normalized spacial score (nSPS) is 32.5.